The molecular formula is C26H29N5O2S. The minimum absolute atomic E-state index is 0.00277. The molecule has 0 bridgehead atoms. The van der Waals surface area contributed by atoms with E-state index in [9.17, 15) is 9.59 Å². The van der Waals surface area contributed by atoms with E-state index in [-0.39, 0.29) is 17.9 Å². The Balaban J connectivity index is 1.27. The zero-order chi connectivity index (χ0) is 23.1. The highest BCUT2D eigenvalue weighted by Gasteiger charge is 2.34. The van der Waals surface area contributed by atoms with Crippen LogP contribution in [-0.4, -0.2) is 32.8 Å². The molecule has 0 spiro atoms. The number of ketones is 1. The summed E-state index contributed by atoms with van der Waals surface area (Å²) in [6, 6.07) is 4.06. The summed E-state index contributed by atoms with van der Waals surface area (Å²) in [6.45, 7) is 0.740. The summed E-state index contributed by atoms with van der Waals surface area (Å²) in [5.41, 5.74) is 2.80. The number of imidazole rings is 1. The van der Waals surface area contributed by atoms with Crippen LogP contribution in [0.15, 0.2) is 36.9 Å². The van der Waals surface area contributed by atoms with Crippen molar-refractivity contribution in [3.05, 3.63) is 57.8 Å². The maximum Gasteiger partial charge on any atom is 0.252 e. The maximum atomic E-state index is 13.3. The third kappa shape index (κ3) is 4.51. The molecule has 8 heteroatoms. The van der Waals surface area contributed by atoms with Crippen LogP contribution in [0.5, 0.6) is 0 Å². The van der Waals surface area contributed by atoms with Gasteiger partial charge < -0.3 is 15.2 Å². The largest absolute Gasteiger partial charge is 0.352 e. The molecule has 2 N–H and O–H groups in total. The number of amides is 1. The van der Waals surface area contributed by atoms with Gasteiger partial charge in [0.2, 0.25) is 5.95 Å². The smallest absolute Gasteiger partial charge is 0.252 e. The number of pyridine rings is 1. The molecule has 3 aromatic rings. The van der Waals surface area contributed by atoms with Crippen LogP contribution >= 0.6 is 11.3 Å². The molecule has 3 aliphatic rings. The van der Waals surface area contributed by atoms with Crippen molar-refractivity contribution in [2.24, 2.45) is 11.8 Å². The highest BCUT2D eigenvalue weighted by atomic mass is 32.1. The van der Waals surface area contributed by atoms with Crippen molar-refractivity contribution in [1.82, 2.24) is 19.9 Å². The molecule has 0 aliphatic heterocycles. The van der Waals surface area contributed by atoms with Crippen LogP contribution in [0, 0.1) is 11.8 Å². The Morgan fingerprint density at radius 2 is 2.03 bits per heavy atom. The second-order valence-corrected chi connectivity index (χ2v) is 11.0. The lowest BCUT2D eigenvalue weighted by Gasteiger charge is -2.26. The number of nitrogens with zero attached hydrogens (tertiary/aromatic N) is 3. The first kappa shape index (κ1) is 21.5. The van der Waals surface area contributed by atoms with E-state index in [1.165, 1.54) is 17.7 Å². The Kier molecular flexibility index (Phi) is 5.69. The summed E-state index contributed by atoms with van der Waals surface area (Å²) in [4.78, 5) is 36.9. The fourth-order valence-electron chi connectivity index (χ4n) is 4.87. The number of carbonyl (C=O) groups excluding carboxylic acids is 2. The number of hydrogen-bond acceptors (Lipinski definition) is 6. The van der Waals surface area contributed by atoms with Crippen LogP contribution < -0.4 is 10.6 Å². The van der Waals surface area contributed by atoms with Crippen LogP contribution in [0.4, 0.5) is 11.6 Å². The zero-order valence-electron chi connectivity index (χ0n) is 19.1. The van der Waals surface area contributed by atoms with Gasteiger partial charge in [0, 0.05) is 53.3 Å². The molecule has 6 rings (SSSR count). The molecule has 3 aliphatic carbocycles. The van der Waals surface area contributed by atoms with Crippen molar-refractivity contribution in [2.75, 3.05) is 11.9 Å². The van der Waals surface area contributed by atoms with Crippen LogP contribution in [-0.2, 0) is 24.1 Å². The first-order valence-electron chi connectivity index (χ1n) is 12.3. The molecule has 176 valence electrons. The van der Waals surface area contributed by atoms with Crippen molar-refractivity contribution >= 4 is 34.7 Å². The average molecular weight is 476 g/mol. The molecule has 2 fully saturated rings. The highest BCUT2D eigenvalue weighted by molar-refractivity contribution is 7.12. The van der Waals surface area contributed by atoms with Gasteiger partial charge in [0.05, 0.1) is 17.4 Å². The van der Waals surface area contributed by atoms with Gasteiger partial charge in [-0.1, -0.05) is 0 Å². The number of aryl methyl sites for hydroxylation is 1. The van der Waals surface area contributed by atoms with Gasteiger partial charge in [-0.2, -0.15) is 0 Å². The Hall–Kier alpha value is -3.00. The molecule has 34 heavy (non-hydrogen) atoms. The van der Waals surface area contributed by atoms with Crippen molar-refractivity contribution in [3.8, 4) is 0 Å². The number of Topliss-reactive ketones (excluding diaryl/α,β-unsaturated/α-hetero) is 1. The zero-order valence-corrected chi connectivity index (χ0v) is 19.9. The Morgan fingerprint density at radius 1 is 1.15 bits per heavy atom. The maximum absolute atomic E-state index is 13.3. The Morgan fingerprint density at radius 3 is 2.79 bits per heavy atom. The summed E-state index contributed by atoms with van der Waals surface area (Å²) in [5, 5.41) is 6.54. The minimum atomic E-state index is 0.00277. The predicted molar refractivity (Wildman–Crippen MR) is 132 cm³/mol. The van der Waals surface area contributed by atoms with Crippen LogP contribution in [0.3, 0.4) is 0 Å². The standard InChI is InChI=1S/C26H29N5O2S/c32-21(17-5-6-17)13-23-24(25(33)29-14-16-3-4-16)20-12-19(7-8-22(20)34-23)31-11-10-28-26(31)30-18-2-1-9-27-15-18/h1-2,9-11,15-17,19H,3-8,12-14H2,(H,28,30)(H,29,33)/t19-/m0/s1. The molecule has 2 saturated carbocycles. The fraction of sp³-hybridized carbons (Fsp3) is 0.462. The van der Waals surface area contributed by atoms with Gasteiger partial charge in [-0.15, -0.1) is 11.3 Å². The van der Waals surface area contributed by atoms with Gasteiger partial charge in [0.25, 0.3) is 5.91 Å². The van der Waals surface area contributed by atoms with E-state index < -0.39 is 0 Å². The van der Waals surface area contributed by atoms with Crippen molar-refractivity contribution in [2.45, 2.75) is 57.4 Å². The topological polar surface area (TPSA) is 88.9 Å². The van der Waals surface area contributed by atoms with Gasteiger partial charge in [-0.25, -0.2) is 4.98 Å². The third-order valence-corrected chi connectivity index (χ3v) is 8.42. The van der Waals surface area contributed by atoms with Gasteiger partial charge in [-0.3, -0.25) is 14.6 Å². The van der Waals surface area contributed by atoms with E-state index in [1.807, 2.05) is 24.5 Å². The summed E-state index contributed by atoms with van der Waals surface area (Å²) < 4.78 is 2.18. The van der Waals surface area contributed by atoms with Crippen LogP contribution in [0.2, 0.25) is 0 Å². The summed E-state index contributed by atoms with van der Waals surface area (Å²) >= 11 is 1.69. The average Bonchev–Trinajstić information content (AvgIpc) is 3.77. The first-order valence-corrected chi connectivity index (χ1v) is 13.1. The van der Waals surface area contributed by atoms with E-state index >= 15 is 0 Å². The van der Waals surface area contributed by atoms with Gasteiger partial charge in [-0.05, 0) is 68.6 Å². The second kappa shape index (κ2) is 8.98. The number of rotatable bonds is 9. The summed E-state index contributed by atoms with van der Waals surface area (Å²) in [5.74, 6) is 1.91. The van der Waals surface area contributed by atoms with E-state index in [4.69, 9.17) is 0 Å². The molecule has 3 heterocycles. The summed E-state index contributed by atoms with van der Waals surface area (Å²) in [7, 11) is 0. The molecular weight excluding hydrogens is 446 g/mol. The van der Waals surface area contributed by atoms with E-state index in [2.05, 4.69) is 25.2 Å². The normalized spacial score (nSPS) is 19.5. The molecule has 0 unspecified atom stereocenters. The molecule has 0 saturated heterocycles. The van der Waals surface area contributed by atoms with Crippen molar-refractivity contribution in [1.29, 1.82) is 0 Å². The second-order valence-electron chi connectivity index (χ2n) is 9.79. The minimum Gasteiger partial charge on any atom is -0.352 e. The quantitative estimate of drug-likeness (QED) is 0.477. The van der Waals surface area contributed by atoms with Crippen molar-refractivity contribution < 1.29 is 9.59 Å². The van der Waals surface area contributed by atoms with Crippen LogP contribution in [0.25, 0.3) is 0 Å². The molecule has 1 atom stereocenters. The lowest BCUT2D eigenvalue weighted by atomic mass is 9.90. The number of anilines is 2. The Bertz CT molecular complexity index is 1210. The van der Waals surface area contributed by atoms with E-state index in [0.717, 1.165) is 66.3 Å². The third-order valence-electron chi connectivity index (χ3n) is 7.13. The Labute approximate surface area is 203 Å². The van der Waals surface area contributed by atoms with E-state index in [0.29, 0.717) is 18.1 Å². The number of fused-ring (bicyclic) bond motifs is 1. The lowest BCUT2D eigenvalue weighted by Crippen LogP contribution is -2.28. The fourth-order valence-corrected chi connectivity index (χ4v) is 6.23. The number of thiophene rings is 1. The molecule has 3 aromatic heterocycles. The monoisotopic (exact) mass is 475 g/mol. The lowest BCUT2D eigenvalue weighted by molar-refractivity contribution is -0.119. The number of carbonyl (C=O) groups is 2. The number of nitrogens with one attached hydrogen (secondary N) is 2. The molecule has 1 amide bonds. The number of aromatic nitrogens is 3. The number of hydrogen-bond donors (Lipinski definition) is 2. The predicted octanol–water partition coefficient (Wildman–Crippen LogP) is 4.47. The van der Waals surface area contributed by atoms with Gasteiger partial charge >= 0.3 is 0 Å². The van der Waals surface area contributed by atoms with Gasteiger partial charge in [0.1, 0.15) is 5.78 Å². The van der Waals surface area contributed by atoms with Crippen LogP contribution in [0.1, 0.15) is 63.8 Å². The molecule has 0 radical (unpaired) electrons. The summed E-state index contributed by atoms with van der Waals surface area (Å²) in [6.07, 6.45) is 14.8. The van der Waals surface area contributed by atoms with E-state index in [1.54, 1.807) is 23.7 Å². The SMILES string of the molecule is O=C(NCC1CC1)c1c(CC(=O)C2CC2)sc2c1C[C@@H](n1ccnc1Nc1cccnc1)CC2. The first-order chi connectivity index (χ1) is 16.7. The van der Waals surface area contributed by atoms with Gasteiger partial charge in [0.15, 0.2) is 0 Å². The molecule has 0 aromatic carbocycles. The molecule has 7 nitrogen and oxygen atoms in total. The highest BCUT2D eigenvalue weighted by Crippen LogP contribution is 2.41. The van der Waals surface area contributed by atoms with Crippen molar-refractivity contribution in [3.63, 3.8) is 0 Å².